The quantitative estimate of drug-likeness (QED) is 0.0485. The third-order valence-corrected chi connectivity index (χ3v) is 6.41. The number of hydrogen-bond acceptors (Lipinski definition) is 14. The SMILES string of the molecule is CCOC(=O)COCCCCCN(C)C(=O)OC(C)(C)C.CCOC(=O)COCCCCCNC.CCOC(=O)COCCCCCNC(=O)OC(C)(C)C.[B][B]. The molecule has 18 heteroatoms. The summed E-state index contributed by atoms with van der Waals surface area (Å²) in [4.78, 5) is 57.4. The Balaban J connectivity index is -0.000000368. The average molecular weight is 818 g/mol. The van der Waals surface area contributed by atoms with Gasteiger partial charge < -0.3 is 53.4 Å². The van der Waals surface area contributed by atoms with E-state index in [0.29, 0.717) is 52.7 Å². The number of alkyl carbamates (subject to hydrolysis) is 1. The van der Waals surface area contributed by atoms with Crippen molar-refractivity contribution in [3.05, 3.63) is 0 Å². The van der Waals surface area contributed by atoms with Crippen molar-refractivity contribution in [2.45, 2.75) is 131 Å². The molecule has 0 fully saturated rings. The molecule has 4 radical (unpaired) electrons. The average Bonchev–Trinajstić information content (AvgIpc) is 3.12. The topological polar surface area (TPSA) is 186 Å². The van der Waals surface area contributed by atoms with Crippen LogP contribution >= 0.6 is 0 Å². The van der Waals surface area contributed by atoms with Gasteiger partial charge in [-0.15, -0.1) is 0 Å². The molecule has 0 saturated heterocycles. The Morgan fingerprint density at radius 3 is 1.26 bits per heavy atom. The van der Waals surface area contributed by atoms with Crippen LogP contribution in [0.3, 0.4) is 0 Å². The van der Waals surface area contributed by atoms with Crippen LogP contribution in [0.2, 0.25) is 0 Å². The first-order chi connectivity index (χ1) is 26.9. The minimum absolute atomic E-state index is 0.00397. The van der Waals surface area contributed by atoms with Crippen LogP contribution in [0.25, 0.3) is 0 Å². The fourth-order valence-electron chi connectivity index (χ4n) is 3.93. The number of carbonyl (C=O) groups is 5. The van der Waals surface area contributed by atoms with Crippen LogP contribution in [0.1, 0.15) is 120 Å². The molecule has 0 aromatic heterocycles. The first-order valence-electron chi connectivity index (χ1n) is 20.0. The number of nitrogens with one attached hydrogen (secondary N) is 2. The van der Waals surface area contributed by atoms with Gasteiger partial charge in [-0.1, -0.05) is 0 Å². The van der Waals surface area contributed by atoms with Crippen molar-refractivity contribution >= 4 is 45.6 Å². The Bertz CT molecular complexity index is 982. The van der Waals surface area contributed by atoms with Crippen LogP contribution in [0.4, 0.5) is 9.59 Å². The van der Waals surface area contributed by atoms with Gasteiger partial charge in [-0.3, -0.25) is 0 Å². The van der Waals surface area contributed by atoms with Crippen molar-refractivity contribution in [1.82, 2.24) is 15.5 Å². The number of esters is 3. The lowest BCUT2D eigenvalue weighted by Gasteiger charge is -2.24. The number of nitrogens with zero attached hydrogens (tertiary/aromatic N) is 1. The van der Waals surface area contributed by atoms with Gasteiger partial charge in [0.05, 0.1) is 19.8 Å². The highest BCUT2D eigenvalue weighted by molar-refractivity contribution is 6.75. The molecule has 2 amide bonds. The van der Waals surface area contributed by atoms with E-state index in [1.54, 1.807) is 32.7 Å². The molecule has 16 nitrogen and oxygen atoms in total. The number of amides is 2. The first-order valence-corrected chi connectivity index (χ1v) is 20.0. The molecule has 0 rings (SSSR count). The van der Waals surface area contributed by atoms with Crippen LogP contribution in [0.5, 0.6) is 0 Å². The second-order valence-electron chi connectivity index (χ2n) is 14.2. The van der Waals surface area contributed by atoms with Gasteiger partial charge in [0.15, 0.2) is 0 Å². The smallest absolute Gasteiger partial charge is 0.410 e. The zero-order valence-corrected chi connectivity index (χ0v) is 37.3. The van der Waals surface area contributed by atoms with E-state index in [1.165, 1.54) is 0 Å². The van der Waals surface area contributed by atoms with E-state index in [1.807, 2.05) is 48.6 Å². The highest BCUT2D eigenvalue weighted by Gasteiger charge is 2.19. The predicted molar refractivity (Wildman–Crippen MR) is 222 cm³/mol. The van der Waals surface area contributed by atoms with Gasteiger partial charge in [0.25, 0.3) is 0 Å². The maximum Gasteiger partial charge on any atom is 0.410 e. The fourth-order valence-corrected chi connectivity index (χ4v) is 3.93. The minimum atomic E-state index is -0.467. The summed E-state index contributed by atoms with van der Waals surface area (Å²) >= 11 is 0. The van der Waals surface area contributed by atoms with E-state index in [9.17, 15) is 24.0 Å². The molecule has 0 aromatic carbocycles. The largest absolute Gasteiger partial charge is 0.464 e. The van der Waals surface area contributed by atoms with Crippen LogP contribution in [-0.2, 0) is 52.3 Å². The van der Waals surface area contributed by atoms with Crippen molar-refractivity contribution in [2.24, 2.45) is 0 Å². The van der Waals surface area contributed by atoms with Crippen molar-refractivity contribution in [1.29, 1.82) is 0 Å². The van der Waals surface area contributed by atoms with Gasteiger partial charge in [0, 0.05) is 55.4 Å². The summed E-state index contributed by atoms with van der Waals surface area (Å²) in [5.41, 5.74) is -0.933. The van der Waals surface area contributed by atoms with Crippen LogP contribution < -0.4 is 10.6 Å². The summed E-state index contributed by atoms with van der Waals surface area (Å²) in [5.74, 6) is -0.941. The highest BCUT2D eigenvalue weighted by Crippen LogP contribution is 2.10. The summed E-state index contributed by atoms with van der Waals surface area (Å²) in [7, 11) is 11.7. The molecule has 0 bridgehead atoms. The summed E-state index contributed by atoms with van der Waals surface area (Å²) in [6.45, 7) is 21.5. The first kappa shape index (κ1) is 60.6. The monoisotopic (exact) mass is 818 g/mol. The molecule has 0 unspecified atom stereocenters. The fraction of sp³-hybridized carbons (Fsp3) is 0.872. The molecule has 57 heavy (non-hydrogen) atoms. The van der Waals surface area contributed by atoms with Crippen LogP contribution in [0.15, 0.2) is 0 Å². The zero-order valence-electron chi connectivity index (χ0n) is 37.3. The Labute approximate surface area is 346 Å². The summed E-state index contributed by atoms with van der Waals surface area (Å²) in [5, 5.41) is 5.77. The lowest BCUT2D eigenvalue weighted by atomic mass is 9.81. The molecule has 0 saturated carbocycles. The van der Waals surface area contributed by atoms with Crippen molar-refractivity contribution in [3.63, 3.8) is 0 Å². The zero-order chi connectivity index (χ0) is 44.4. The second kappa shape index (κ2) is 42.5. The lowest BCUT2D eigenvalue weighted by Crippen LogP contribution is -2.34. The normalized spacial score (nSPS) is 10.5. The Hall–Kier alpha value is -3.08. The van der Waals surface area contributed by atoms with Crippen molar-refractivity contribution in [2.75, 3.05) is 93.2 Å². The summed E-state index contributed by atoms with van der Waals surface area (Å²) < 4.78 is 40.0. The lowest BCUT2D eigenvalue weighted by molar-refractivity contribution is -0.149. The van der Waals surface area contributed by atoms with Gasteiger partial charge in [0.2, 0.25) is 0 Å². The molecule has 0 aliphatic rings. The van der Waals surface area contributed by atoms with E-state index in [0.717, 1.165) is 64.3 Å². The van der Waals surface area contributed by atoms with Gasteiger partial charge in [-0.05, 0) is 134 Å². The number of hydrogen-bond donors (Lipinski definition) is 2. The molecular weight excluding hydrogens is 740 g/mol. The van der Waals surface area contributed by atoms with E-state index in [4.69, 9.17) is 37.9 Å². The molecule has 0 aliphatic heterocycles. The van der Waals surface area contributed by atoms with E-state index < -0.39 is 17.3 Å². The Kier molecular flexibility index (Phi) is 45.2. The number of ether oxygens (including phenoxy) is 8. The summed E-state index contributed by atoms with van der Waals surface area (Å²) in [6, 6.07) is 0. The maximum atomic E-state index is 11.7. The molecule has 0 aliphatic carbocycles. The second-order valence-corrected chi connectivity index (χ2v) is 14.2. The van der Waals surface area contributed by atoms with Crippen molar-refractivity contribution < 1.29 is 61.9 Å². The molecular formula is C39H77B2N3O13. The molecule has 0 atom stereocenters. The van der Waals surface area contributed by atoms with Gasteiger partial charge in [-0.2, -0.15) is 0 Å². The van der Waals surface area contributed by atoms with Gasteiger partial charge in [-0.25, -0.2) is 24.0 Å². The molecule has 0 heterocycles. The van der Waals surface area contributed by atoms with E-state index in [2.05, 4.69) is 26.1 Å². The molecule has 2 N–H and O–H groups in total. The Morgan fingerprint density at radius 2 is 0.912 bits per heavy atom. The van der Waals surface area contributed by atoms with Gasteiger partial charge >= 0.3 is 30.1 Å². The van der Waals surface area contributed by atoms with Crippen LogP contribution in [0, 0.1) is 0 Å². The third-order valence-electron chi connectivity index (χ3n) is 6.41. The minimum Gasteiger partial charge on any atom is -0.464 e. The maximum absolute atomic E-state index is 11.7. The number of rotatable bonds is 27. The summed E-state index contributed by atoms with van der Waals surface area (Å²) in [6.07, 6.45) is 7.84. The van der Waals surface area contributed by atoms with Gasteiger partial charge in [0.1, 0.15) is 31.0 Å². The standard InChI is InChI=1S/C15H29NO5.C14H27NO5.C10H21NO3.B2/c1-6-20-13(17)12-19-11-9-7-8-10-16(5)14(18)21-15(2,3)4;1-5-19-12(16)11-18-10-8-6-7-9-15-13(17)20-14(2,3)4;1-3-14-10(12)9-13-8-6-4-5-7-11-2;1-2/h6-12H2,1-5H3;5-11H2,1-4H3,(H,15,17);11H,3-9H2,1-2H3;. The number of carbonyl (C=O) groups excluding carboxylic acids is 5. The van der Waals surface area contributed by atoms with E-state index >= 15 is 0 Å². The predicted octanol–water partition coefficient (Wildman–Crippen LogP) is 5.06. The van der Waals surface area contributed by atoms with Crippen molar-refractivity contribution in [3.8, 4) is 0 Å². The Morgan fingerprint density at radius 1 is 0.544 bits per heavy atom. The van der Waals surface area contributed by atoms with E-state index in [-0.39, 0.29) is 43.8 Å². The molecule has 0 aromatic rings. The number of unbranched alkanes of at least 4 members (excludes halogenated alkanes) is 6. The molecule has 0 spiro atoms. The molecule has 332 valence electrons. The van der Waals surface area contributed by atoms with Crippen LogP contribution in [-0.4, -0.2) is 155 Å². The third kappa shape index (κ3) is 55.1. The highest BCUT2D eigenvalue weighted by atomic mass is 16.6.